The summed E-state index contributed by atoms with van der Waals surface area (Å²) in [5, 5.41) is 10.7. The number of ether oxygens (including phenoxy) is 1. The molecule has 0 bridgehead atoms. The molecular weight excluding hydrogens is 236 g/mol. The SMILES string of the molecule is OC1(CCc2ccc3c(c2)CCO3)CCCCCC1. The van der Waals surface area contributed by atoms with Crippen molar-refractivity contribution in [3.63, 3.8) is 0 Å². The number of hydrogen-bond donors (Lipinski definition) is 1. The molecule has 3 rings (SSSR count). The third kappa shape index (κ3) is 3.11. The zero-order valence-electron chi connectivity index (χ0n) is 11.7. The Kier molecular flexibility index (Phi) is 3.79. The maximum atomic E-state index is 10.7. The van der Waals surface area contributed by atoms with Gasteiger partial charge in [0, 0.05) is 6.42 Å². The summed E-state index contributed by atoms with van der Waals surface area (Å²) in [6, 6.07) is 6.52. The summed E-state index contributed by atoms with van der Waals surface area (Å²) in [4.78, 5) is 0. The van der Waals surface area contributed by atoms with Crippen LogP contribution >= 0.6 is 0 Å². The third-order valence-corrected chi connectivity index (χ3v) is 4.67. The molecule has 1 aliphatic carbocycles. The van der Waals surface area contributed by atoms with Gasteiger partial charge in [0.1, 0.15) is 5.75 Å². The minimum absolute atomic E-state index is 0.411. The van der Waals surface area contributed by atoms with E-state index < -0.39 is 5.60 Å². The van der Waals surface area contributed by atoms with Crippen molar-refractivity contribution >= 4 is 0 Å². The molecule has 0 radical (unpaired) electrons. The lowest BCUT2D eigenvalue weighted by molar-refractivity contribution is 0.0167. The molecule has 19 heavy (non-hydrogen) atoms. The fourth-order valence-electron chi connectivity index (χ4n) is 3.41. The average Bonchev–Trinajstić information content (AvgIpc) is 2.78. The van der Waals surface area contributed by atoms with E-state index in [1.54, 1.807) is 0 Å². The van der Waals surface area contributed by atoms with E-state index in [1.807, 2.05) is 0 Å². The van der Waals surface area contributed by atoms with Crippen molar-refractivity contribution < 1.29 is 9.84 Å². The Morgan fingerprint density at radius 2 is 1.89 bits per heavy atom. The number of aliphatic hydroxyl groups is 1. The van der Waals surface area contributed by atoms with Crippen LogP contribution in [0.3, 0.4) is 0 Å². The number of hydrogen-bond acceptors (Lipinski definition) is 2. The molecular formula is C17H24O2. The molecule has 2 nitrogen and oxygen atoms in total. The van der Waals surface area contributed by atoms with E-state index in [0.29, 0.717) is 0 Å². The van der Waals surface area contributed by atoms with Gasteiger partial charge in [0.25, 0.3) is 0 Å². The monoisotopic (exact) mass is 260 g/mol. The number of fused-ring (bicyclic) bond motifs is 1. The molecule has 1 aliphatic heterocycles. The normalized spacial score (nSPS) is 21.5. The summed E-state index contributed by atoms with van der Waals surface area (Å²) < 4.78 is 5.53. The minimum Gasteiger partial charge on any atom is -0.493 e. The fraction of sp³-hybridized carbons (Fsp3) is 0.647. The van der Waals surface area contributed by atoms with Crippen LogP contribution in [0.1, 0.15) is 56.1 Å². The Hall–Kier alpha value is -1.02. The average molecular weight is 260 g/mol. The van der Waals surface area contributed by atoms with Crippen LogP contribution in [0, 0.1) is 0 Å². The van der Waals surface area contributed by atoms with Crippen LogP contribution in [-0.4, -0.2) is 17.3 Å². The molecule has 0 saturated heterocycles. The third-order valence-electron chi connectivity index (χ3n) is 4.67. The summed E-state index contributed by atoms with van der Waals surface area (Å²) in [7, 11) is 0. The van der Waals surface area contributed by atoms with Crippen molar-refractivity contribution in [2.24, 2.45) is 0 Å². The summed E-state index contributed by atoms with van der Waals surface area (Å²) in [5.41, 5.74) is 2.28. The van der Waals surface area contributed by atoms with Gasteiger partial charge < -0.3 is 9.84 Å². The second-order valence-corrected chi connectivity index (χ2v) is 6.18. The highest BCUT2D eigenvalue weighted by Gasteiger charge is 2.27. The van der Waals surface area contributed by atoms with Gasteiger partial charge in [-0.2, -0.15) is 0 Å². The zero-order valence-corrected chi connectivity index (χ0v) is 11.7. The van der Waals surface area contributed by atoms with Crippen LogP contribution in [0.25, 0.3) is 0 Å². The van der Waals surface area contributed by atoms with Crippen molar-refractivity contribution in [3.05, 3.63) is 29.3 Å². The van der Waals surface area contributed by atoms with Gasteiger partial charge in [-0.25, -0.2) is 0 Å². The topological polar surface area (TPSA) is 29.5 Å². The minimum atomic E-state index is -0.411. The van der Waals surface area contributed by atoms with E-state index >= 15 is 0 Å². The summed E-state index contributed by atoms with van der Waals surface area (Å²) >= 11 is 0. The van der Waals surface area contributed by atoms with E-state index in [4.69, 9.17) is 4.74 Å². The van der Waals surface area contributed by atoms with E-state index in [-0.39, 0.29) is 0 Å². The van der Waals surface area contributed by atoms with Crippen molar-refractivity contribution in [2.45, 2.75) is 63.4 Å². The highest BCUT2D eigenvalue weighted by molar-refractivity contribution is 5.39. The van der Waals surface area contributed by atoms with Crippen LogP contribution in [0.2, 0.25) is 0 Å². The largest absolute Gasteiger partial charge is 0.493 e. The Morgan fingerprint density at radius 1 is 1.11 bits per heavy atom. The summed E-state index contributed by atoms with van der Waals surface area (Å²) in [6.07, 6.45) is 9.87. The van der Waals surface area contributed by atoms with Crippen molar-refractivity contribution in [1.82, 2.24) is 0 Å². The lowest BCUT2D eigenvalue weighted by atomic mass is 9.87. The highest BCUT2D eigenvalue weighted by Crippen LogP contribution is 2.32. The number of aryl methyl sites for hydroxylation is 1. The van der Waals surface area contributed by atoms with Gasteiger partial charge in [-0.1, -0.05) is 37.8 Å². The Bertz CT molecular complexity index is 431. The maximum absolute atomic E-state index is 10.7. The highest BCUT2D eigenvalue weighted by atomic mass is 16.5. The molecule has 0 spiro atoms. The molecule has 0 atom stereocenters. The van der Waals surface area contributed by atoms with Crippen LogP contribution in [-0.2, 0) is 12.8 Å². The molecule has 1 N–H and O–H groups in total. The van der Waals surface area contributed by atoms with Crippen LogP contribution in [0.4, 0.5) is 0 Å². The van der Waals surface area contributed by atoms with Gasteiger partial charge in [-0.15, -0.1) is 0 Å². The first kappa shape index (κ1) is 13.0. The predicted molar refractivity (Wildman–Crippen MR) is 76.6 cm³/mol. The van der Waals surface area contributed by atoms with Crippen molar-refractivity contribution in [1.29, 1.82) is 0 Å². The molecule has 0 amide bonds. The molecule has 104 valence electrons. The molecule has 1 saturated carbocycles. The van der Waals surface area contributed by atoms with E-state index in [0.717, 1.165) is 44.5 Å². The fourth-order valence-corrected chi connectivity index (χ4v) is 3.41. The first-order valence-corrected chi connectivity index (χ1v) is 7.72. The Morgan fingerprint density at radius 3 is 2.68 bits per heavy atom. The van der Waals surface area contributed by atoms with E-state index in [2.05, 4.69) is 18.2 Å². The van der Waals surface area contributed by atoms with Crippen LogP contribution in [0.5, 0.6) is 5.75 Å². The number of rotatable bonds is 3. The molecule has 2 aliphatic rings. The Labute approximate surface area is 115 Å². The molecule has 0 aromatic heterocycles. The van der Waals surface area contributed by atoms with Gasteiger partial charge >= 0.3 is 0 Å². The molecule has 1 aromatic rings. The molecule has 1 heterocycles. The summed E-state index contributed by atoms with van der Waals surface area (Å²) in [5.74, 6) is 1.05. The second-order valence-electron chi connectivity index (χ2n) is 6.18. The zero-order chi connectivity index (χ0) is 13.1. The van der Waals surface area contributed by atoms with E-state index in [1.165, 1.54) is 36.8 Å². The first-order chi connectivity index (χ1) is 9.25. The summed E-state index contributed by atoms with van der Waals surface area (Å²) in [6.45, 7) is 0.822. The van der Waals surface area contributed by atoms with Gasteiger partial charge in [-0.3, -0.25) is 0 Å². The smallest absolute Gasteiger partial charge is 0.122 e. The van der Waals surface area contributed by atoms with Gasteiger partial charge in [0.05, 0.1) is 12.2 Å². The van der Waals surface area contributed by atoms with E-state index in [9.17, 15) is 5.11 Å². The second kappa shape index (κ2) is 5.54. The quantitative estimate of drug-likeness (QED) is 0.841. The Balaban J connectivity index is 1.62. The lowest BCUT2D eigenvalue weighted by Gasteiger charge is -2.26. The molecule has 1 fully saturated rings. The molecule has 1 aromatic carbocycles. The number of benzene rings is 1. The van der Waals surface area contributed by atoms with Gasteiger partial charge in [0.2, 0.25) is 0 Å². The maximum Gasteiger partial charge on any atom is 0.122 e. The first-order valence-electron chi connectivity index (χ1n) is 7.72. The standard InChI is InChI=1S/C17H24O2/c18-17(9-3-1-2-4-10-17)11-7-14-5-6-16-15(13-14)8-12-19-16/h5-6,13,18H,1-4,7-12H2. The van der Waals surface area contributed by atoms with Crippen LogP contribution in [0.15, 0.2) is 18.2 Å². The molecule has 2 heteroatoms. The van der Waals surface area contributed by atoms with Gasteiger partial charge in [-0.05, 0) is 42.9 Å². The predicted octanol–water partition coefficient (Wildman–Crippen LogP) is 3.64. The lowest BCUT2D eigenvalue weighted by Crippen LogP contribution is -2.28. The van der Waals surface area contributed by atoms with Crippen LogP contribution < -0.4 is 4.74 Å². The molecule has 0 unspecified atom stereocenters. The van der Waals surface area contributed by atoms with Crippen molar-refractivity contribution in [2.75, 3.05) is 6.61 Å². The van der Waals surface area contributed by atoms with Crippen molar-refractivity contribution in [3.8, 4) is 5.75 Å². The van der Waals surface area contributed by atoms with Gasteiger partial charge in [0.15, 0.2) is 0 Å².